The minimum Gasteiger partial charge on any atom is -0.462 e. The molecule has 0 aliphatic rings. The fraction of sp³-hybridized carbons (Fsp3) is 0.630. The maximum absolute atomic E-state index is 12.9. The van der Waals surface area contributed by atoms with Crippen molar-refractivity contribution in [2.75, 3.05) is 13.2 Å². The minimum absolute atomic E-state index is 0.102. The third-order valence-corrected chi connectivity index (χ3v) is 13.3. The smallest absolute Gasteiger partial charge is 0.306 e. The van der Waals surface area contributed by atoms with E-state index in [-0.39, 0.29) is 37.5 Å². The molecule has 0 rings (SSSR count). The van der Waals surface area contributed by atoms with Gasteiger partial charge in [-0.3, -0.25) is 14.4 Å². The van der Waals surface area contributed by atoms with E-state index in [0.717, 1.165) is 161 Å². The number of esters is 3. The van der Waals surface area contributed by atoms with Gasteiger partial charge in [-0.2, -0.15) is 0 Å². The van der Waals surface area contributed by atoms with E-state index < -0.39 is 6.10 Å². The largest absolute Gasteiger partial charge is 0.462 e. The standard InChI is InChI=1S/C73H118O6/c1-4-7-10-13-16-19-22-25-28-30-32-33-34-35-36-37-38-39-41-42-45-48-51-54-57-60-63-66-72(75)78-69-70(68-77-71(74)65-62-59-56-53-50-47-44-27-24-21-18-15-12-9-6-3)79-73(76)67-64-61-58-55-52-49-46-43-40-31-29-26-23-20-17-14-11-8-5-2/h7-12,16-21,25-29,32-33,40,43-44,49,52,70H,4-6,13-15,22-24,30-31,34-39,41-42,45-48,50-51,53-69H2,1-3H3/b10-7-,11-8-,12-9-,19-16-,20-17-,21-18-,28-25-,29-26-,33-32-,43-40-,44-27-,52-49-. The predicted molar refractivity (Wildman–Crippen MR) is 343 cm³/mol. The van der Waals surface area contributed by atoms with E-state index in [2.05, 4.69) is 167 Å². The van der Waals surface area contributed by atoms with Gasteiger partial charge in [-0.25, -0.2) is 0 Å². The van der Waals surface area contributed by atoms with Crippen LogP contribution in [0.25, 0.3) is 0 Å². The van der Waals surface area contributed by atoms with Gasteiger partial charge in [0, 0.05) is 19.3 Å². The molecule has 6 nitrogen and oxygen atoms in total. The number of allylic oxidation sites excluding steroid dienone is 24. The van der Waals surface area contributed by atoms with E-state index in [1.165, 1.54) is 77.0 Å². The summed E-state index contributed by atoms with van der Waals surface area (Å²) in [5.41, 5.74) is 0. The number of ether oxygens (including phenoxy) is 3. The van der Waals surface area contributed by atoms with Crippen LogP contribution in [0.15, 0.2) is 146 Å². The lowest BCUT2D eigenvalue weighted by Gasteiger charge is -2.18. The van der Waals surface area contributed by atoms with Gasteiger partial charge < -0.3 is 14.2 Å². The third-order valence-electron chi connectivity index (χ3n) is 13.3. The van der Waals surface area contributed by atoms with Crippen molar-refractivity contribution < 1.29 is 28.6 Å². The highest BCUT2D eigenvalue weighted by molar-refractivity contribution is 5.71. The van der Waals surface area contributed by atoms with Gasteiger partial charge in [0.25, 0.3) is 0 Å². The molecule has 0 N–H and O–H groups in total. The van der Waals surface area contributed by atoms with Crippen LogP contribution in [-0.2, 0) is 28.6 Å². The molecule has 0 amide bonds. The zero-order valence-corrected chi connectivity index (χ0v) is 51.1. The van der Waals surface area contributed by atoms with Crippen molar-refractivity contribution in [1.82, 2.24) is 0 Å². The lowest BCUT2D eigenvalue weighted by atomic mass is 10.0. The quantitative estimate of drug-likeness (QED) is 0.0261. The Morgan fingerprint density at radius 2 is 0.456 bits per heavy atom. The number of rotatable bonds is 57. The summed E-state index contributed by atoms with van der Waals surface area (Å²) in [7, 11) is 0. The first-order chi connectivity index (χ1) is 39.0. The number of carbonyl (C=O) groups is 3. The summed E-state index contributed by atoms with van der Waals surface area (Å²) in [4.78, 5) is 38.3. The Morgan fingerprint density at radius 3 is 0.722 bits per heavy atom. The van der Waals surface area contributed by atoms with Crippen LogP contribution in [-0.4, -0.2) is 37.2 Å². The number of hydrogen-bond donors (Lipinski definition) is 0. The fourth-order valence-corrected chi connectivity index (χ4v) is 8.59. The highest BCUT2D eigenvalue weighted by Crippen LogP contribution is 2.16. The number of carbonyl (C=O) groups excluding carboxylic acids is 3. The first-order valence-electron chi connectivity index (χ1n) is 32.3. The Labute approximate surface area is 487 Å². The van der Waals surface area contributed by atoms with Gasteiger partial charge in [0.1, 0.15) is 13.2 Å². The summed E-state index contributed by atoms with van der Waals surface area (Å²) in [6.45, 7) is 6.27. The summed E-state index contributed by atoms with van der Waals surface area (Å²) in [5.74, 6) is -0.951. The second-order valence-electron chi connectivity index (χ2n) is 20.9. The van der Waals surface area contributed by atoms with E-state index in [9.17, 15) is 14.4 Å². The summed E-state index contributed by atoms with van der Waals surface area (Å²) < 4.78 is 16.9. The molecular formula is C73H118O6. The Balaban J connectivity index is 4.39. The Hall–Kier alpha value is -4.71. The Kier molecular flexibility index (Phi) is 61.9. The monoisotopic (exact) mass is 1090 g/mol. The minimum atomic E-state index is -0.810. The molecule has 0 saturated heterocycles. The summed E-state index contributed by atoms with van der Waals surface area (Å²) >= 11 is 0. The molecule has 0 aromatic heterocycles. The second kappa shape index (κ2) is 65.8. The van der Waals surface area contributed by atoms with Crippen LogP contribution in [0, 0.1) is 0 Å². The molecule has 1 unspecified atom stereocenters. The van der Waals surface area contributed by atoms with Crippen molar-refractivity contribution in [3.8, 4) is 0 Å². The molecular weight excluding hydrogens is 973 g/mol. The van der Waals surface area contributed by atoms with Crippen molar-refractivity contribution >= 4 is 17.9 Å². The molecule has 0 bridgehead atoms. The van der Waals surface area contributed by atoms with Crippen LogP contribution in [0.4, 0.5) is 0 Å². The third kappa shape index (κ3) is 64.0. The Bertz CT molecular complexity index is 1730. The average molecular weight is 1090 g/mol. The number of hydrogen-bond acceptors (Lipinski definition) is 6. The van der Waals surface area contributed by atoms with Gasteiger partial charge >= 0.3 is 17.9 Å². The maximum Gasteiger partial charge on any atom is 0.306 e. The topological polar surface area (TPSA) is 78.9 Å². The van der Waals surface area contributed by atoms with Gasteiger partial charge in [0.15, 0.2) is 6.10 Å². The van der Waals surface area contributed by atoms with Crippen molar-refractivity contribution in [2.24, 2.45) is 0 Å². The normalized spacial score (nSPS) is 13.1. The summed E-state index contributed by atoms with van der Waals surface area (Å²) in [5, 5.41) is 0. The number of unbranched alkanes of at least 4 members (excludes halogenated alkanes) is 22. The SMILES string of the molecule is CC/C=C\C/C=C\C/C=C\C/C=C\C/C=C\CCCCCC(=O)OC(COC(=O)CCCCCCC/C=C\C/C=C\C/C=C\CC)COC(=O)CCCCCCCCCCCCCCCC/C=C\C/C=C\C/C=C\C/C=C\CC. The molecule has 0 heterocycles. The van der Waals surface area contributed by atoms with Crippen molar-refractivity contribution in [2.45, 2.75) is 284 Å². The highest BCUT2D eigenvalue weighted by Gasteiger charge is 2.19. The molecule has 446 valence electrons. The van der Waals surface area contributed by atoms with Crippen LogP contribution in [0.1, 0.15) is 278 Å². The van der Waals surface area contributed by atoms with Crippen molar-refractivity contribution in [1.29, 1.82) is 0 Å². The van der Waals surface area contributed by atoms with Crippen molar-refractivity contribution in [3.05, 3.63) is 146 Å². The van der Waals surface area contributed by atoms with Crippen molar-refractivity contribution in [3.63, 3.8) is 0 Å². The van der Waals surface area contributed by atoms with E-state index in [0.29, 0.717) is 12.8 Å². The molecule has 0 fully saturated rings. The summed E-state index contributed by atoms with van der Waals surface area (Å²) in [6.07, 6.45) is 94.3. The lowest BCUT2D eigenvalue weighted by molar-refractivity contribution is -0.167. The first kappa shape index (κ1) is 74.3. The van der Waals surface area contributed by atoms with Gasteiger partial charge in [0.05, 0.1) is 0 Å². The van der Waals surface area contributed by atoms with Gasteiger partial charge in [-0.15, -0.1) is 0 Å². The van der Waals surface area contributed by atoms with E-state index in [1.807, 2.05) is 0 Å². The molecule has 0 spiro atoms. The van der Waals surface area contributed by atoms with Crippen LogP contribution in [0.3, 0.4) is 0 Å². The predicted octanol–water partition coefficient (Wildman–Crippen LogP) is 22.3. The molecule has 0 saturated carbocycles. The van der Waals surface area contributed by atoms with Crippen LogP contribution in [0.5, 0.6) is 0 Å². The Morgan fingerprint density at radius 1 is 0.253 bits per heavy atom. The second-order valence-corrected chi connectivity index (χ2v) is 20.9. The molecule has 6 heteroatoms. The summed E-state index contributed by atoms with van der Waals surface area (Å²) in [6, 6.07) is 0. The van der Waals surface area contributed by atoms with Gasteiger partial charge in [-0.05, 0) is 135 Å². The fourth-order valence-electron chi connectivity index (χ4n) is 8.59. The molecule has 0 aromatic carbocycles. The highest BCUT2D eigenvalue weighted by atomic mass is 16.6. The first-order valence-corrected chi connectivity index (χ1v) is 32.3. The molecule has 0 aromatic rings. The van der Waals surface area contributed by atoms with Crippen LogP contribution in [0.2, 0.25) is 0 Å². The van der Waals surface area contributed by atoms with E-state index in [4.69, 9.17) is 14.2 Å². The van der Waals surface area contributed by atoms with Gasteiger partial charge in [0.2, 0.25) is 0 Å². The molecule has 79 heavy (non-hydrogen) atoms. The molecule has 0 radical (unpaired) electrons. The molecule has 0 aliphatic heterocycles. The van der Waals surface area contributed by atoms with E-state index >= 15 is 0 Å². The molecule has 0 aliphatic carbocycles. The average Bonchev–Trinajstić information content (AvgIpc) is 3.45. The zero-order chi connectivity index (χ0) is 57.1. The van der Waals surface area contributed by atoms with Gasteiger partial charge in [-0.1, -0.05) is 269 Å². The van der Waals surface area contributed by atoms with E-state index in [1.54, 1.807) is 0 Å². The molecule has 1 atom stereocenters. The van der Waals surface area contributed by atoms with Crippen LogP contribution < -0.4 is 0 Å². The zero-order valence-electron chi connectivity index (χ0n) is 51.1. The lowest BCUT2D eigenvalue weighted by Crippen LogP contribution is -2.30. The maximum atomic E-state index is 12.9. The van der Waals surface area contributed by atoms with Crippen LogP contribution >= 0.6 is 0 Å².